The van der Waals surface area contributed by atoms with E-state index in [1.165, 1.54) is 18.4 Å². The quantitative estimate of drug-likeness (QED) is 0.509. The normalized spacial score (nSPS) is 15.2. The maximum absolute atomic E-state index is 12.6. The van der Waals surface area contributed by atoms with Crippen molar-refractivity contribution in [3.05, 3.63) is 21.9 Å². The van der Waals surface area contributed by atoms with Gasteiger partial charge >= 0.3 is 12.4 Å². The predicted octanol–water partition coefficient (Wildman–Crippen LogP) is 3.30. The van der Waals surface area contributed by atoms with Crippen molar-refractivity contribution >= 4 is 11.3 Å². The molecule has 0 spiro atoms. The van der Waals surface area contributed by atoms with Crippen molar-refractivity contribution in [1.82, 2.24) is 5.43 Å². The molecule has 18 heavy (non-hydrogen) atoms. The zero-order chi connectivity index (χ0) is 14.1. The molecule has 0 aromatic carbocycles. The summed E-state index contributed by atoms with van der Waals surface area (Å²) >= 11 is 0.800. The molecule has 0 bridgehead atoms. The van der Waals surface area contributed by atoms with Crippen LogP contribution in [0.2, 0.25) is 0 Å². The largest absolute Gasteiger partial charge is 0.402 e. The molecular formula is C9H10F6N2S. The summed E-state index contributed by atoms with van der Waals surface area (Å²) in [7, 11) is 0. The van der Waals surface area contributed by atoms with E-state index >= 15 is 0 Å². The Balaban J connectivity index is 3.23. The van der Waals surface area contributed by atoms with Crippen LogP contribution >= 0.6 is 11.3 Å². The summed E-state index contributed by atoms with van der Waals surface area (Å²) in [6, 6.07) is -0.598. The number of alkyl halides is 6. The average molecular weight is 292 g/mol. The Hall–Kier alpha value is -0.800. The fraction of sp³-hybridized carbons (Fsp3) is 0.556. The van der Waals surface area contributed by atoms with Gasteiger partial charge in [-0.2, -0.15) is 26.3 Å². The molecular weight excluding hydrogens is 282 g/mol. The van der Waals surface area contributed by atoms with Crippen LogP contribution in [0.5, 0.6) is 0 Å². The van der Waals surface area contributed by atoms with Gasteiger partial charge in [0.2, 0.25) is 0 Å². The van der Waals surface area contributed by atoms with Crippen LogP contribution < -0.4 is 11.3 Å². The molecule has 0 saturated heterocycles. The first-order valence-electron chi connectivity index (χ1n) is 4.72. The number of hydrogen-bond donors (Lipinski definition) is 2. The molecule has 0 saturated carbocycles. The molecule has 1 atom stereocenters. The average Bonchev–Trinajstić information content (AvgIpc) is 2.56. The molecule has 0 aliphatic carbocycles. The molecule has 104 valence electrons. The van der Waals surface area contributed by atoms with Crippen LogP contribution in [-0.2, 0) is 0 Å². The van der Waals surface area contributed by atoms with E-state index in [9.17, 15) is 26.3 Å². The van der Waals surface area contributed by atoms with Crippen LogP contribution in [0.1, 0.15) is 16.5 Å². The van der Waals surface area contributed by atoms with Gasteiger partial charge in [0.25, 0.3) is 0 Å². The van der Waals surface area contributed by atoms with E-state index in [4.69, 9.17) is 5.84 Å². The molecule has 9 heteroatoms. The van der Waals surface area contributed by atoms with Gasteiger partial charge in [-0.15, -0.1) is 11.3 Å². The van der Waals surface area contributed by atoms with E-state index in [2.05, 4.69) is 0 Å². The third kappa shape index (κ3) is 3.15. The molecule has 0 radical (unpaired) electrons. The standard InChI is InChI=1S/C9H10F6N2S/c1-4-2-3-18-6(4)5(17-16)7(8(10,11)12)9(13,14)15/h2-3,5,7,17H,16H2,1H3. The van der Waals surface area contributed by atoms with E-state index in [-0.39, 0.29) is 4.88 Å². The molecule has 1 aromatic rings. The van der Waals surface area contributed by atoms with E-state index in [0.717, 1.165) is 11.3 Å². The zero-order valence-corrected chi connectivity index (χ0v) is 9.88. The van der Waals surface area contributed by atoms with Crippen molar-refractivity contribution in [2.45, 2.75) is 25.3 Å². The van der Waals surface area contributed by atoms with Gasteiger partial charge in [-0.1, -0.05) is 0 Å². The maximum Gasteiger partial charge on any atom is 0.402 e. The Labute approximate surface area is 103 Å². The third-order valence-corrected chi connectivity index (χ3v) is 3.50. The first kappa shape index (κ1) is 15.3. The molecule has 0 aliphatic rings. The smallest absolute Gasteiger partial charge is 0.271 e. The van der Waals surface area contributed by atoms with Crippen LogP contribution in [0.15, 0.2) is 11.4 Å². The van der Waals surface area contributed by atoms with Crippen molar-refractivity contribution < 1.29 is 26.3 Å². The molecule has 0 fully saturated rings. The Morgan fingerprint density at radius 1 is 1.17 bits per heavy atom. The molecule has 0 aliphatic heterocycles. The summed E-state index contributed by atoms with van der Waals surface area (Å²) in [4.78, 5) is -0.0721. The van der Waals surface area contributed by atoms with Gasteiger partial charge in [0.1, 0.15) is 0 Å². The van der Waals surface area contributed by atoms with E-state index in [0.29, 0.717) is 5.56 Å². The number of hydrazine groups is 1. The van der Waals surface area contributed by atoms with Crippen LogP contribution in [0, 0.1) is 12.8 Å². The number of nitrogens with two attached hydrogens (primary N) is 1. The van der Waals surface area contributed by atoms with Crippen LogP contribution in [-0.4, -0.2) is 12.4 Å². The minimum atomic E-state index is -5.42. The lowest BCUT2D eigenvalue weighted by Crippen LogP contribution is -2.47. The monoisotopic (exact) mass is 292 g/mol. The second kappa shape index (κ2) is 5.06. The number of aryl methyl sites for hydroxylation is 1. The number of hydrogen-bond acceptors (Lipinski definition) is 3. The number of rotatable bonds is 3. The predicted molar refractivity (Wildman–Crippen MR) is 54.7 cm³/mol. The van der Waals surface area contributed by atoms with Crippen molar-refractivity contribution in [2.24, 2.45) is 11.8 Å². The van der Waals surface area contributed by atoms with Gasteiger partial charge in [0.15, 0.2) is 5.92 Å². The molecule has 2 nitrogen and oxygen atoms in total. The molecule has 1 unspecified atom stereocenters. The Morgan fingerprint density at radius 2 is 1.67 bits per heavy atom. The van der Waals surface area contributed by atoms with Gasteiger partial charge in [-0.25, -0.2) is 0 Å². The Kier molecular flexibility index (Phi) is 4.29. The van der Waals surface area contributed by atoms with Gasteiger partial charge in [-0.3, -0.25) is 11.3 Å². The molecule has 1 heterocycles. The van der Waals surface area contributed by atoms with Crippen LogP contribution in [0.25, 0.3) is 0 Å². The lowest BCUT2D eigenvalue weighted by atomic mass is 9.96. The van der Waals surface area contributed by atoms with Crippen LogP contribution in [0.3, 0.4) is 0 Å². The van der Waals surface area contributed by atoms with Gasteiger partial charge in [-0.05, 0) is 23.9 Å². The fourth-order valence-corrected chi connectivity index (χ4v) is 2.61. The third-order valence-electron chi connectivity index (χ3n) is 2.40. The van der Waals surface area contributed by atoms with Crippen molar-refractivity contribution in [2.75, 3.05) is 0 Å². The topological polar surface area (TPSA) is 38.0 Å². The van der Waals surface area contributed by atoms with Gasteiger partial charge < -0.3 is 0 Å². The minimum Gasteiger partial charge on any atom is -0.271 e. The lowest BCUT2D eigenvalue weighted by Gasteiger charge is -2.30. The summed E-state index contributed by atoms with van der Waals surface area (Å²) in [5.41, 5.74) is 1.96. The van der Waals surface area contributed by atoms with Crippen molar-refractivity contribution in [3.63, 3.8) is 0 Å². The Bertz CT molecular complexity index is 382. The SMILES string of the molecule is Cc1ccsc1C(NN)C(C(F)(F)F)C(F)(F)F. The number of halogens is 6. The lowest BCUT2D eigenvalue weighted by molar-refractivity contribution is -0.292. The van der Waals surface area contributed by atoms with Gasteiger partial charge in [0.05, 0.1) is 6.04 Å². The Morgan fingerprint density at radius 3 is 1.94 bits per heavy atom. The molecule has 1 aromatic heterocycles. The maximum atomic E-state index is 12.6. The highest BCUT2D eigenvalue weighted by Gasteiger charge is 2.60. The highest BCUT2D eigenvalue weighted by atomic mass is 32.1. The summed E-state index contributed by atoms with van der Waals surface area (Å²) < 4.78 is 75.4. The molecule has 0 amide bonds. The highest BCUT2D eigenvalue weighted by Crippen LogP contribution is 2.47. The van der Waals surface area contributed by atoms with Crippen LogP contribution in [0.4, 0.5) is 26.3 Å². The minimum absolute atomic E-state index is 0.0721. The van der Waals surface area contributed by atoms with Gasteiger partial charge in [0, 0.05) is 4.88 Å². The molecule has 3 N–H and O–H groups in total. The van der Waals surface area contributed by atoms with E-state index < -0.39 is 24.3 Å². The number of nitrogens with one attached hydrogen (secondary N) is 1. The van der Waals surface area contributed by atoms with E-state index in [1.807, 2.05) is 0 Å². The summed E-state index contributed by atoms with van der Waals surface area (Å²) in [6.07, 6.45) is -10.8. The van der Waals surface area contributed by atoms with Crippen molar-refractivity contribution in [1.29, 1.82) is 0 Å². The van der Waals surface area contributed by atoms with Crippen molar-refractivity contribution in [3.8, 4) is 0 Å². The second-order valence-corrected chi connectivity index (χ2v) is 4.62. The number of thiophene rings is 1. The highest BCUT2D eigenvalue weighted by molar-refractivity contribution is 7.10. The first-order valence-corrected chi connectivity index (χ1v) is 5.60. The first-order chi connectivity index (χ1) is 8.09. The molecule has 1 rings (SSSR count). The summed E-state index contributed by atoms with van der Waals surface area (Å²) in [5, 5.41) is 1.42. The zero-order valence-electron chi connectivity index (χ0n) is 9.06. The van der Waals surface area contributed by atoms with E-state index in [1.54, 1.807) is 5.43 Å². The second-order valence-electron chi connectivity index (χ2n) is 3.67. The fourth-order valence-electron chi connectivity index (χ4n) is 1.59. The summed E-state index contributed by atoms with van der Waals surface area (Å²) in [6.45, 7) is 1.43. The summed E-state index contributed by atoms with van der Waals surface area (Å²) in [5.74, 6) is 1.35.